The first-order valence-corrected chi connectivity index (χ1v) is 4.27. The van der Waals surface area contributed by atoms with Crippen LogP contribution in [0.1, 0.15) is 34.1 Å². The molecule has 1 aliphatic rings. The van der Waals surface area contributed by atoms with E-state index in [4.69, 9.17) is 0 Å². The maximum atomic E-state index is 3.17. The summed E-state index contributed by atoms with van der Waals surface area (Å²) in [6.07, 6.45) is 1.32. The van der Waals surface area contributed by atoms with Gasteiger partial charge in [-0.2, -0.15) is 0 Å². The van der Waals surface area contributed by atoms with Crippen LogP contribution in [-0.4, -0.2) is 20.0 Å². The van der Waals surface area contributed by atoms with Gasteiger partial charge in [0.25, 0.3) is 0 Å². The van der Waals surface area contributed by atoms with E-state index < -0.39 is 0 Å². The van der Waals surface area contributed by atoms with Gasteiger partial charge in [0.05, 0.1) is 0 Å². The first kappa shape index (κ1) is 7.50. The number of rotatable bonds is 0. The number of hydrogen-bond acceptors (Lipinski definition) is 0. The fraction of sp³-hybridized carbons (Fsp3) is 0.875. The van der Waals surface area contributed by atoms with E-state index in [0.717, 1.165) is 0 Å². The summed E-state index contributed by atoms with van der Waals surface area (Å²) in [5, 5.41) is 0. The van der Waals surface area contributed by atoms with Crippen molar-refractivity contribution in [2.24, 2.45) is 10.8 Å². The summed E-state index contributed by atoms with van der Waals surface area (Å²) in [4.78, 5) is 0. The van der Waals surface area contributed by atoms with Crippen LogP contribution in [0.3, 0.4) is 0 Å². The van der Waals surface area contributed by atoms with Crippen LogP contribution in [0.15, 0.2) is 0 Å². The van der Waals surface area contributed by atoms with E-state index in [0.29, 0.717) is 10.8 Å². The van der Waals surface area contributed by atoms with Gasteiger partial charge in [-0.1, -0.05) is 0 Å². The van der Waals surface area contributed by atoms with Crippen LogP contribution in [-0.2, 0) is 0 Å². The van der Waals surface area contributed by atoms with Gasteiger partial charge < -0.3 is 0 Å². The van der Waals surface area contributed by atoms with Crippen molar-refractivity contribution in [3.63, 3.8) is 0 Å². The zero-order valence-corrected chi connectivity index (χ0v) is 8.33. The molecule has 0 unspecified atom stereocenters. The SMILES string of the molecule is CC1(C)CC(C)(C)C1=[Se]. The Hall–Kier alpha value is 0.389. The molecule has 0 atom stereocenters. The first-order valence-electron chi connectivity index (χ1n) is 3.41. The molecule has 1 rings (SSSR count). The van der Waals surface area contributed by atoms with Gasteiger partial charge in [0.1, 0.15) is 0 Å². The van der Waals surface area contributed by atoms with Gasteiger partial charge in [-0.15, -0.1) is 0 Å². The molecule has 52 valence electrons. The van der Waals surface area contributed by atoms with Crippen molar-refractivity contribution in [3.8, 4) is 0 Å². The van der Waals surface area contributed by atoms with Crippen molar-refractivity contribution in [1.29, 1.82) is 0 Å². The summed E-state index contributed by atoms with van der Waals surface area (Å²) < 4.78 is 1.54. The van der Waals surface area contributed by atoms with Gasteiger partial charge in [0.15, 0.2) is 0 Å². The summed E-state index contributed by atoms with van der Waals surface area (Å²) in [5.74, 6) is 0. The Morgan fingerprint density at radius 2 is 1.44 bits per heavy atom. The monoisotopic (exact) mass is 190 g/mol. The molecule has 0 nitrogen and oxygen atoms in total. The topological polar surface area (TPSA) is 0 Å². The molecule has 1 heteroatoms. The van der Waals surface area contributed by atoms with Crippen LogP contribution >= 0.6 is 0 Å². The van der Waals surface area contributed by atoms with Crippen LogP contribution in [0.2, 0.25) is 0 Å². The Labute approximate surface area is 65.4 Å². The zero-order valence-electron chi connectivity index (χ0n) is 6.62. The van der Waals surface area contributed by atoms with E-state index in [1.165, 1.54) is 10.8 Å². The Kier molecular flexibility index (Phi) is 1.42. The molecule has 0 spiro atoms. The van der Waals surface area contributed by atoms with Crippen molar-refractivity contribution < 1.29 is 0 Å². The molecule has 0 bridgehead atoms. The molecule has 0 heterocycles. The van der Waals surface area contributed by atoms with Gasteiger partial charge in [-0.3, -0.25) is 0 Å². The van der Waals surface area contributed by atoms with Crippen LogP contribution in [0, 0.1) is 10.8 Å². The average Bonchev–Trinajstić information content (AvgIpc) is 1.63. The van der Waals surface area contributed by atoms with Crippen molar-refractivity contribution >= 4 is 20.0 Å². The van der Waals surface area contributed by atoms with Crippen LogP contribution < -0.4 is 0 Å². The van der Waals surface area contributed by atoms with E-state index in [-0.39, 0.29) is 0 Å². The van der Waals surface area contributed by atoms with Gasteiger partial charge in [0, 0.05) is 0 Å². The minimum atomic E-state index is 0.476. The summed E-state index contributed by atoms with van der Waals surface area (Å²) >= 11 is 3.17. The van der Waals surface area contributed by atoms with E-state index in [9.17, 15) is 0 Å². The minimum absolute atomic E-state index is 0.476. The standard InChI is InChI=1S/C8H14Se/c1-7(2)5-8(3,4)6(7)9/h5H2,1-4H3. The van der Waals surface area contributed by atoms with Crippen molar-refractivity contribution in [2.45, 2.75) is 34.1 Å². The molecular weight excluding hydrogens is 175 g/mol. The van der Waals surface area contributed by atoms with Gasteiger partial charge >= 0.3 is 64.9 Å². The molecule has 0 aromatic carbocycles. The second-order valence-electron chi connectivity index (χ2n) is 4.27. The first-order chi connectivity index (χ1) is 3.86. The molecule has 0 aromatic rings. The third-order valence-electron chi connectivity index (χ3n) is 2.11. The van der Waals surface area contributed by atoms with Crippen molar-refractivity contribution in [2.75, 3.05) is 0 Å². The van der Waals surface area contributed by atoms with Gasteiger partial charge in [0.2, 0.25) is 0 Å². The second kappa shape index (κ2) is 1.71. The molecular formula is C8H14Se. The molecule has 0 radical (unpaired) electrons. The zero-order chi connectivity index (χ0) is 7.28. The maximum absolute atomic E-state index is 3.17. The normalized spacial score (nSPS) is 29.6. The molecule has 1 fully saturated rings. The summed E-state index contributed by atoms with van der Waals surface area (Å²) in [5.41, 5.74) is 0.951. The summed E-state index contributed by atoms with van der Waals surface area (Å²) in [6.45, 7) is 9.18. The van der Waals surface area contributed by atoms with Crippen LogP contribution in [0.5, 0.6) is 0 Å². The predicted octanol–water partition coefficient (Wildman–Crippen LogP) is 1.78. The van der Waals surface area contributed by atoms with Crippen molar-refractivity contribution in [1.82, 2.24) is 0 Å². The Bertz CT molecular complexity index is 138. The fourth-order valence-electron chi connectivity index (χ4n) is 2.07. The molecule has 9 heavy (non-hydrogen) atoms. The van der Waals surface area contributed by atoms with E-state index in [1.54, 1.807) is 0 Å². The second-order valence-corrected chi connectivity index (χ2v) is 5.13. The Balaban J connectivity index is 2.74. The average molecular weight is 189 g/mol. The molecule has 0 aliphatic heterocycles. The number of hydrogen-bond donors (Lipinski definition) is 0. The molecule has 0 amide bonds. The predicted molar refractivity (Wildman–Crippen MR) is 42.9 cm³/mol. The summed E-state index contributed by atoms with van der Waals surface area (Å²) in [7, 11) is 0. The van der Waals surface area contributed by atoms with E-state index >= 15 is 0 Å². The van der Waals surface area contributed by atoms with Crippen LogP contribution in [0.4, 0.5) is 0 Å². The van der Waals surface area contributed by atoms with Gasteiger partial charge in [-0.05, 0) is 0 Å². The Morgan fingerprint density at radius 1 is 1.11 bits per heavy atom. The third kappa shape index (κ3) is 1.01. The molecule has 1 saturated carbocycles. The quantitative estimate of drug-likeness (QED) is 0.509. The van der Waals surface area contributed by atoms with E-state index in [2.05, 4.69) is 43.3 Å². The van der Waals surface area contributed by atoms with Crippen molar-refractivity contribution in [3.05, 3.63) is 0 Å². The molecule has 0 aromatic heterocycles. The molecule has 1 aliphatic carbocycles. The fourth-order valence-corrected chi connectivity index (χ4v) is 2.38. The third-order valence-corrected chi connectivity index (χ3v) is 4.43. The van der Waals surface area contributed by atoms with E-state index in [1.807, 2.05) is 0 Å². The Morgan fingerprint density at radius 3 is 1.44 bits per heavy atom. The van der Waals surface area contributed by atoms with Gasteiger partial charge in [-0.25, -0.2) is 0 Å². The molecule has 0 saturated heterocycles. The van der Waals surface area contributed by atoms with Crippen LogP contribution in [0.25, 0.3) is 0 Å². The summed E-state index contributed by atoms with van der Waals surface area (Å²) in [6, 6.07) is 0. The molecule has 0 N–H and O–H groups in total.